The predicted molar refractivity (Wildman–Crippen MR) is 71.6 cm³/mol. The Morgan fingerprint density at radius 1 is 1.42 bits per heavy atom. The molecule has 1 aliphatic heterocycles. The second-order valence-corrected chi connectivity index (χ2v) is 4.62. The summed E-state index contributed by atoms with van der Waals surface area (Å²) in [6.45, 7) is 1.82. The molecule has 0 saturated carbocycles. The topological polar surface area (TPSA) is 71.9 Å². The maximum Gasteiger partial charge on any atom is 0.271 e. The molecule has 96 valence electrons. The Morgan fingerprint density at radius 3 is 3.05 bits per heavy atom. The van der Waals surface area contributed by atoms with Crippen LogP contribution in [0.1, 0.15) is 10.5 Å². The standard InChI is InChI=1S/C14H14N4O/c15-8-11-9-16-5-6-18(11)14(19)13-7-10-3-1-2-4-12(10)17-13/h1-4,7,11,16-17H,5-6,9H2. The van der Waals surface area contributed by atoms with Crippen LogP contribution < -0.4 is 5.32 Å². The number of carbonyl (C=O) groups excluding carboxylic acids is 1. The molecule has 1 aromatic carbocycles. The van der Waals surface area contributed by atoms with Gasteiger partial charge in [-0.2, -0.15) is 5.26 Å². The van der Waals surface area contributed by atoms with E-state index >= 15 is 0 Å². The molecule has 1 saturated heterocycles. The van der Waals surface area contributed by atoms with E-state index in [4.69, 9.17) is 5.26 Å². The second kappa shape index (κ2) is 4.75. The Balaban J connectivity index is 1.92. The molecule has 3 rings (SSSR count). The first-order valence-electron chi connectivity index (χ1n) is 6.28. The van der Waals surface area contributed by atoms with E-state index in [9.17, 15) is 4.79 Å². The van der Waals surface area contributed by atoms with Gasteiger partial charge < -0.3 is 15.2 Å². The summed E-state index contributed by atoms with van der Waals surface area (Å²) >= 11 is 0. The number of rotatable bonds is 1. The molecular formula is C14H14N4O. The van der Waals surface area contributed by atoms with Gasteiger partial charge in [-0.15, -0.1) is 0 Å². The molecule has 1 unspecified atom stereocenters. The summed E-state index contributed by atoms with van der Waals surface area (Å²) in [5.41, 5.74) is 1.48. The zero-order valence-electron chi connectivity index (χ0n) is 10.4. The van der Waals surface area contributed by atoms with Crippen LogP contribution in [-0.2, 0) is 0 Å². The van der Waals surface area contributed by atoms with Crippen molar-refractivity contribution in [1.82, 2.24) is 15.2 Å². The first-order valence-corrected chi connectivity index (χ1v) is 6.28. The summed E-state index contributed by atoms with van der Waals surface area (Å²) in [4.78, 5) is 17.2. The Labute approximate surface area is 110 Å². The number of para-hydroxylation sites is 1. The summed E-state index contributed by atoms with van der Waals surface area (Å²) in [6.07, 6.45) is 0. The van der Waals surface area contributed by atoms with Crippen molar-refractivity contribution in [3.63, 3.8) is 0 Å². The quantitative estimate of drug-likeness (QED) is 0.800. The minimum atomic E-state index is -0.396. The molecule has 2 aromatic rings. The van der Waals surface area contributed by atoms with Gasteiger partial charge in [0.05, 0.1) is 6.07 Å². The molecule has 1 amide bonds. The van der Waals surface area contributed by atoms with E-state index in [2.05, 4.69) is 16.4 Å². The Kier molecular flexibility index (Phi) is 2.94. The number of aromatic nitrogens is 1. The fourth-order valence-corrected chi connectivity index (χ4v) is 2.41. The third-order valence-electron chi connectivity index (χ3n) is 3.41. The lowest BCUT2D eigenvalue weighted by atomic mass is 10.2. The molecule has 2 N–H and O–H groups in total. The van der Waals surface area contributed by atoms with Crippen LogP contribution in [0.2, 0.25) is 0 Å². The van der Waals surface area contributed by atoms with E-state index in [0.717, 1.165) is 17.4 Å². The van der Waals surface area contributed by atoms with Crippen LogP contribution in [-0.4, -0.2) is 41.5 Å². The number of nitriles is 1. The van der Waals surface area contributed by atoms with Crippen LogP contribution in [0, 0.1) is 11.3 Å². The SMILES string of the molecule is N#CC1CNCCN1C(=O)c1cc2ccccc2[nH]1. The van der Waals surface area contributed by atoms with Gasteiger partial charge in [0.15, 0.2) is 0 Å². The van der Waals surface area contributed by atoms with Crippen molar-refractivity contribution < 1.29 is 4.79 Å². The maximum absolute atomic E-state index is 12.5. The van der Waals surface area contributed by atoms with Gasteiger partial charge in [0.2, 0.25) is 0 Å². The lowest BCUT2D eigenvalue weighted by Crippen LogP contribution is -2.53. The van der Waals surface area contributed by atoms with Crippen LogP contribution >= 0.6 is 0 Å². The van der Waals surface area contributed by atoms with E-state index in [-0.39, 0.29) is 5.91 Å². The van der Waals surface area contributed by atoms with Crippen LogP contribution in [0.5, 0.6) is 0 Å². The number of fused-ring (bicyclic) bond motifs is 1. The molecule has 5 nitrogen and oxygen atoms in total. The number of hydrogen-bond acceptors (Lipinski definition) is 3. The van der Waals surface area contributed by atoms with E-state index < -0.39 is 6.04 Å². The molecule has 19 heavy (non-hydrogen) atoms. The first kappa shape index (κ1) is 11.8. The Bertz CT molecular complexity index is 622. The van der Waals surface area contributed by atoms with E-state index in [0.29, 0.717) is 18.8 Å². The van der Waals surface area contributed by atoms with Gasteiger partial charge >= 0.3 is 0 Å². The monoisotopic (exact) mass is 254 g/mol. The van der Waals surface area contributed by atoms with Gasteiger partial charge in [-0.1, -0.05) is 18.2 Å². The molecule has 0 aliphatic carbocycles. The van der Waals surface area contributed by atoms with Crippen LogP contribution in [0.15, 0.2) is 30.3 Å². The van der Waals surface area contributed by atoms with Gasteiger partial charge in [-0.25, -0.2) is 0 Å². The van der Waals surface area contributed by atoms with Gasteiger partial charge in [0.1, 0.15) is 11.7 Å². The summed E-state index contributed by atoms with van der Waals surface area (Å²) in [7, 11) is 0. The van der Waals surface area contributed by atoms with Crippen LogP contribution in [0.4, 0.5) is 0 Å². The number of hydrogen-bond donors (Lipinski definition) is 2. The maximum atomic E-state index is 12.5. The molecule has 0 bridgehead atoms. The number of carbonyl (C=O) groups is 1. The van der Waals surface area contributed by atoms with Crippen molar-refractivity contribution in [1.29, 1.82) is 5.26 Å². The summed E-state index contributed by atoms with van der Waals surface area (Å²) < 4.78 is 0. The fraction of sp³-hybridized carbons (Fsp3) is 0.286. The molecule has 5 heteroatoms. The lowest BCUT2D eigenvalue weighted by molar-refractivity contribution is 0.0682. The lowest BCUT2D eigenvalue weighted by Gasteiger charge is -2.31. The van der Waals surface area contributed by atoms with E-state index in [1.54, 1.807) is 4.90 Å². The highest BCUT2D eigenvalue weighted by Crippen LogP contribution is 2.17. The number of benzene rings is 1. The normalized spacial score (nSPS) is 19.3. The van der Waals surface area contributed by atoms with Crippen LogP contribution in [0.25, 0.3) is 10.9 Å². The average molecular weight is 254 g/mol. The van der Waals surface area contributed by atoms with Crippen molar-refractivity contribution in [2.24, 2.45) is 0 Å². The number of H-pyrrole nitrogens is 1. The van der Waals surface area contributed by atoms with Crippen molar-refractivity contribution in [2.75, 3.05) is 19.6 Å². The molecule has 1 fully saturated rings. The zero-order valence-corrected chi connectivity index (χ0v) is 10.4. The smallest absolute Gasteiger partial charge is 0.271 e. The van der Waals surface area contributed by atoms with Gasteiger partial charge in [-0.3, -0.25) is 4.79 Å². The second-order valence-electron chi connectivity index (χ2n) is 4.62. The molecule has 2 heterocycles. The molecule has 1 atom stereocenters. The third-order valence-corrected chi connectivity index (χ3v) is 3.41. The molecule has 1 aliphatic rings. The van der Waals surface area contributed by atoms with E-state index in [1.807, 2.05) is 30.3 Å². The molecular weight excluding hydrogens is 240 g/mol. The predicted octanol–water partition coefficient (Wildman–Crippen LogP) is 1.11. The summed E-state index contributed by atoms with van der Waals surface area (Å²) in [5.74, 6) is -0.107. The highest BCUT2D eigenvalue weighted by Gasteiger charge is 2.27. The van der Waals surface area contributed by atoms with Crippen molar-refractivity contribution in [2.45, 2.75) is 6.04 Å². The van der Waals surface area contributed by atoms with E-state index in [1.165, 1.54) is 0 Å². The largest absolute Gasteiger partial charge is 0.351 e. The highest BCUT2D eigenvalue weighted by atomic mass is 16.2. The number of amides is 1. The molecule has 1 aromatic heterocycles. The number of piperazine rings is 1. The van der Waals surface area contributed by atoms with Gasteiger partial charge in [0.25, 0.3) is 5.91 Å². The first-order chi connectivity index (χ1) is 9.29. The summed E-state index contributed by atoms with van der Waals surface area (Å²) in [6, 6.07) is 11.4. The van der Waals surface area contributed by atoms with Gasteiger partial charge in [0, 0.05) is 30.5 Å². The molecule has 0 spiro atoms. The third kappa shape index (κ3) is 2.07. The highest BCUT2D eigenvalue weighted by molar-refractivity contribution is 5.98. The Morgan fingerprint density at radius 2 is 2.26 bits per heavy atom. The summed E-state index contributed by atoms with van der Waals surface area (Å²) in [5, 5.41) is 13.2. The van der Waals surface area contributed by atoms with Gasteiger partial charge in [-0.05, 0) is 12.1 Å². The minimum Gasteiger partial charge on any atom is -0.351 e. The fourth-order valence-electron chi connectivity index (χ4n) is 2.41. The van der Waals surface area contributed by atoms with Crippen molar-refractivity contribution in [3.05, 3.63) is 36.0 Å². The molecule has 0 radical (unpaired) electrons. The number of nitrogens with one attached hydrogen (secondary N) is 2. The minimum absolute atomic E-state index is 0.107. The zero-order chi connectivity index (χ0) is 13.2. The van der Waals surface area contributed by atoms with Crippen molar-refractivity contribution >= 4 is 16.8 Å². The number of aromatic amines is 1. The Hall–Kier alpha value is -2.32. The number of nitrogens with zero attached hydrogens (tertiary/aromatic N) is 2. The van der Waals surface area contributed by atoms with Crippen molar-refractivity contribution in [3.8, 4) is 6.07 Å². The average Bonchev–Trinajstić information content (AvgIpc) is 2.90. The van der Waals surface area contributed by atoms with Crippen LogP contribution in [0.3, 0.4) is 0 Å².